The number of aromatic nitrogens is 1. The summed E-state index contributed by atoms with van der Waals surface area (Å²) in [5.74, 6) is 1.16. The Kier molecular flexibility index (Phi) is 5.31. The van der Waals surface area contributed by atoms with Gasteiger partial charge in [-0.25, -0.2) is 4.98 Å². The molecule has 0 atom stereocenters. The summed E-state index contributed by atoms with van der Waals surface area (Å²) in [4.78, 5) is 4.58. The van der Waals surface area contributed by atoms with E-state index in [1.807, 2.05) is 13.0 Å². The zero-order valence-corrected chi connectivity index (χ0v) is 19.7. The molecule has 4 aromatic carbocycles. The molecule has 1 aliphatic rings. The number of hydrogen-bond acceptors (Lipinski definition) is 3. The minimum atomic E-state index is -4.52. The highest BCUT2D eigenvalue weighted by molar-refractivity contribution is 6.16. The number of oxazole rings is 1. The highest BCUT2D eigenvalue weighted by atomic mass is 19.4. The van der Waals surface area contributed by atoms with Crippen molar-refractivity contribution in [3.8, 4) is 5.75 Å². The molecule has 0 amide bonds. The molecular weight excluding hydrogens is 508 g/mol. The Morgan fingerprint density at radius 1 is 0.763 bits per heavy atom. The minimum absolute atomic E-state index is 0.216. The number of alkyl halides is 6. The molecule has 0 radical (unpaired) electrons. The van der Waals surface area contributed by atoms with E-state index in [1.54, 1.807) is 18.2 Å². The lowest BCUT2D eigenvalue weighted by atomic mass is 9.87. The molecule has 0 aliphatic carbocycles. The van der Waals surface area contributed by atoms with Gasteiger partial charge in [0.2, 0.25) is 0 Å². The first-order valence-electron chi connectivity index (χ1n) is 11.7. The quantitative estimate of drug-likeness (QED) is 0.221. The van der Waals surface area contributed by atoms with Crippen LogP contribution in [-0.4, -0.2) is 4.98 Å². The molecule has 0 saturated heterocycles. The van der Waals surface area contributed by atoms with Crippen LogP contribution in [0.2, 0.25) is 0 Å². The number of aryl methyl sites for hydroxylation is 1. The predicted octanol–water partition coefficient (Wildman–Crippen LogP) is 8.89. The zero-order chi connectivity index (χ0) is 26.8. The van der Waals surface area contributed by atoms with Gasteiger partial charge in [-0.05, 0) is 35.4 Å². The third-order valence-electron chi connectivity index (χ3n) is 6.51. The number of rotatable bonds is 3. The van der Waals surface area contributed by atoms with Gasteiger partial charge >= 0.3 is 12.4 Å². The van der Waals surface area contributed by atoms with Crippen molar-refractivity contribution in [3.05, 3.63) is 107 Å². The molecule has 9 heteroatoms. The molecule has 38 heavy (non-hydrogen) atoms. The third-order valence-corrected chi connectivity index (χ3v) is 6.51. The van der Waals surface area contributed by atoms with Crippen molar-refractivity contribution in [1.82, 2.24) is 4.98 Å². The van der Waals surface area contributed by atoms with Crippen LogP contribution in [0.15, 0.2) is 77.2 Å². The van der Waals surface area contributed by atoms with Crippen molar-refractivity contribution in [3.63, 3.8) is 0 Å². The fourth-order valence-electron chi connectivity index (χ4n) is 4.72. The van der Waals surface area contributed by atoms with Crippen LogP contribution in [0.1, 0.15) is 40.6 Å². The number of fused-ring (bicyclic) bond motifs is 2. The Morgan fingerprint density at radius 2 is 1.37 bits per heavy atom. The Balaban J connectivity index is 1.62. The van der Waals surface area contributed by atoms with E-state index in [9.17, 15) is 26.3 Å². The van der Waals surface area contributed by atoms with Crippen LogP contribution in [0, 0.1) is 0 Å². The summed E-state index contributed by atoms with van der Waals surface area (Å²) in [6, 6.07) is 16.2. The molecule has 0 unspecified atom stereocenters. The first-order valence-corrected chi connectivity index (χ1v) is 11.7. The molecule has 1 aromatic heterocycles. The summed E-state index contributed by atoms with van der Waals surface area (Å²) in [5, 5.41) is 1.41. The van der Waals surface area contributed by atoms with Gasteiger partial charge in [-0.2, -0.15) is 26.3 Å². The normalized spacial score (nSPS) is 13.9. The monoisotopic (exact) mass is 525 g/mol. The van der Waals surface area contributed by atoms with Crippen LogP contribution in [-0.2, 0) is 18.8 Å². The molecule has 1 aliphatic heterocycles. The van der Waals surface area contributed by atoms with E-state index in [1.165, 1.54) is 24.3 Å². The second-order valence-corrected chi connectivity index (χ2v) is 8.87. The summed E-state index contributed by atoms with van der Waals surface area (Å²) in [5.41, 5.74) is 1.33. The summed E-state index contributed by atoms with van der Waals surface area (Å²) in [6.45, 7) is 1.90. The van der Waals surface area contributed by atoms with Crippen molar-refractivity contribution >= 4 is 33.2 Å². The lowest BCUT2D eigenvalue weighted by molar-refractivity contribution is -0.138. The largest absolute Gasteiger partial charge is 0.455 e. The standard InChI is InChI=1S/C29H17F6NO2/c1-2-23-36-26-20-5-3-4-19-24(15-6-10-17(11-7-15)28(30,31)32)27(38-21(25(19)20)14-22(26)37-23)16-8-12-18(13-9-16)29(33,34)35/h3-14H,2H2,1H3. The predicted molar refractivity (Wildman–Crippen MR) is 130 cm³/mol. The second-order valence-electron chi connectivity index (χ2n) is 8.87. The average Bonchev–Trinajstić information content (AvgIpc) is 3.31. The summed E-state index contributed by atoms with van der Waals surface area (Å²) < 4.78 is 91.6. The van der Waals surface area contributed by atoms with Crippen molar-refractivity contribution in [1.29, 1.82) is 0 Å². The maximum Gasteiger partial charge on any atom is 0.416 e. The molecule has 5 aromatic rings. The minimum Gasteiger partial charge on any atom is -0.455 e. The highest BCUT2D eigenvalue weighted by Crippen LogP contribution is 2.48. The first kappa shape index (κ1) is 24.1. The lowest BCUT2D eigenvalue weighted by Gasteiger charge is -2.25. The van der Waals surface area contributed by atoms with Crippen molar-refractivity contribution in [2.45, 2.75) is 25.7 Å². The van der Waals surface area contributed by atoms with Crippen LogP contribution in [0.5, 0.6) is 5.75 Å². The van der Waals surface area contributed by atoms with Gasteiger partial charge in [0, 0.05) is 34.4 Å². The number of nitrogens with zero attached hydrogens (tertiary/aromatic N) is 1. The lowest BCUT2D eigenvalue weighted by Crippen LogP contribution is -2.09. The summed E-state index contributed by atoms with van der Waals surface area (Å²) >= 11 is 0. The SMILES string of the molecule is CCc1nc2c(cc3c4c(cccc42)C(c2ccc(C(F)(F)F)cc2)=C(c2ccc(C(F)(F)F)cc2)O3)o1. The summed E-state index contributed by atoms with van der Waals surface area (Å²) in [7, 11) is 0. The van der Waals surface area contributed by atoms with E-state index < -0.39 is 23.5 Å². The Morgan fingerprint density at radius 3 is 1.95 bits per heavy atom. The van der Waals surface area contributed by atoms with Gasteiger partial charge in [0.15, 0.2) is 11.5 Å². The fraction of sp³-hybridized carbons (Fsp3) is 0.138. The van der Waals surface area contributed by atoms with Crippen molar-refractivity contribution in [2.75, 3.05) is 0 Å². The van der Waals surface area contributed by atoms with Gasteiger partial charge in [-0.15, -0.1) is 0 Å². The van der Waals surface area contributed by atoms with E-state index in [4.69, 9.17) is 9.15 Å². The van der Waals surface area contributed by atoms with Crippen LogP contribution in [0.3, 0.4) is 0 Å². The van der Waals surface area contributed by atoms with E-state index in [2.05, 4.69) is 4.98 Å². The molecule has 0 fully saturated rings. The molecule has 0 spiro atoms. The third kappa shape index (κ3) is 3.89. The molecule has 0 saturated carbocycles. The Hall–Kier alpha value is -4.27. The van der Waals surface area contributed by atoms with Crippen LogP contribution < -0.4 is 4.74 Å². The maximum atomic E-state index is 13.3. The number of hydrogen-bond donors (Lipinski definition) is 0. The van der Waals surface area contributed by atoms with Gasteiger partial charge in [-0.1, -0.05) is 49.4 Å². The van der Waals surface area contributed by atoms with E-state index in [-0.39, 0.29) is 5.76 Å². The van der Waals surface area contributed by atoms with Gasteiger partial charge in [0.05, 0.1) is 11.1 Å². The molecule has 0 N–H and O–H groups in total. The molecule has 6 rings (SSSR count). The van der Waals surface area contributed by atoms with Gasteiger partial charge in [0.1, 0.15) is 17.0 Å². The maximum absolute atomic E-state index is 13.3. The Labute approximate surface area is 212 Å². The Bertz CT molecular complexity index is 1730. The van der Waals surface area contributed by atoms with Crippen LogP contribution >= 0.6 is 0 Å². The zero-order valence-electron chi connectivity index (χ0n) is 19.7. The fourth-order valence-corrected chi connectivity index (χ4v) is 4.72. The first-order chi connectivity index (χ1) is 18.0. The molecule has 3 nitrogen and oxygen atoms in total. The van der Waals surface area contributed by atoms with Gasteiger partial charge < -0.3 is 9.15 Å². The second kappa shape index (κ2) is 8.37. The topological polar surface area (TPSA) is 35.3 Å². The average molecular weight is 525 g/mol. The van der Waals surface area contributed by atoms with E-state index in [0.717, 1.165) is 29.7 Å². The van der Waals surface area contributed by atoms with Crippen molar-refractivity contribution in [2.24, 2.45) is 0 Å². The van der Waals surface area contributed by atoms with Crippen molar-refractivity contribution < 1.29 is 35.5 Å². The van der Waals surface area contributed by atoms with E-state index in [0.29, 0.717) is 56.8 Å². The van der Waals surface area contributed by atoms with Crippen LogP contribution in [0.4, 0.5) is 26.3 Å². The molecule has 192 valence electrons. The highest BCUT2D eigenvalue weighted by Gasteiger charge is 2.33. The van der Waals surface area contributed by atoms with E-state index >= 15 is 0 Å². The number of benzene rings is 4. The smallest absolute Gasteiger partial charge is 0.416 e. The number of halogens is 6. The number of ether oxygens (including phenoxy) is 1. The molecule has 0 bridgehead atoms. The van der Waals surface area contributed by atoms with Crippen LogP contribution in [0.25, 0.3) is 33.2 Å². The summed E-state index contributed by atoms with van der Waals surface area (Å²) in [6.07, 6.45) is -8.48. The molecule has 2 heterocycles. The molecular formula is C29H17F6NO2. The van der Waals surface area contributed by atoms with Gasteiger partial charge in [-0.3, -0.25) is 0 Å². The van der Waals surface area contributed by atoms with Gasteiger partial charge in [0.25, 0.3) is 0 Å².